The highest BCUT2D eigenvalue weighted by Crippen LogP contribution is 2.49. The number of rotatable bonds is 3. The van der Waals surface area contributed by atoms with Crippen LogP contribution in [0.1, 0.15) is 22.6 Å². The van der Waals surface area contributed by atoms with E-state index in [1.165, 1.54) is 0 Å². The normalized spacial score (nSPS) is 17.4. The maximum absolute atomic E-state index is 11.4. The first kappa shape index (κ1) is 12.7. The van der Waals surface area contributed by atoms with Gasteiger partial charge in [0.15, 0.2) is 0 Å². The van der Waals surface area contributed by atoms with Crippen LogP contribution in [0.3, 0.4) is 0 Å². The van der Waals surface area contributed by atoms with Crippen LogP contribution < -0.4 is 15.2 Å². The fourth-order valence-electron chi connectivity index (χ4n) is 2.80. The van der Waals surface area contributed by atoms with Crippen molar-refractivity contribution in [2.45, 2.75) is 18.8 Å². The summed E-state index contributed by atoms with van der Waals surface area (Å²) in [6.07, 6.45) is 1.46. The van der Waals surface area contributed by atoms with Gasteiger partial charge in [-0.25, -0.2) is 0 Å². The number of benzene rings is 1. The zero-order chi connectivity index (χ0) is 13.6. The van der Waals surface area contributed by atoms with Crippen molar-refractivity contribution in [3.63, 3.8) is 0 Å². The third-order valence-corrected chi connectivity index (χ3v) is 4.50. The molecule has 2 aliphatic rings. The maximum Gasteiger partial charge on any atom is 0.312 e. The summed E-state index contributed by atoms with van der Waals surface area (Å²) < 4.78 is 12.2. The van der Waals surface area contributed by atoms with Gasteiger partial charge in [0.2, 0.25) is 0 Å². The molecule has 19 heavy (non-hydrogen) atoms. The number of carboxylic acids is 1. The van der Waals surface area contributed by atoms with Crippen molar-refractivity contribution >= 4 is 21.9 Å². The summed E-state index contributed by atoms with van der Waals surface area (Å²) >= 11 is 3.54. The molecule has 0 aromatic heterocycles. The summed E-state index contributed by atoms with van der Waals surface area (Å²) in [4.78, 5) is 11.4. The van der Waals surface area contributed by atoms with Crippen molar-refractivity contribution in [3.05, 3.63) is 21.2 Å². The molecule has 0 saturated heterocycles. The number of halogens is 1. The molecule has 0 bridgehead atoms. The van der Waals surface area contributed by atoms with Crippen LogP contribution in [0.4, 0.5) is 0 Å². The van der Waals surface area contributed by atoms with E-state index in [9.17, 15) is 9.90 Å². The van der Waals surface area contributed by atoms with Gasteiger partial charge in [-0.3, -0.25) is 4.79 Å². The Hall–Kier alpha value is -1.27. The second kappa shape index (κ2) is 4.68. The molecule has 0 aliphatic carbocycles. The standard InChI is InChI=1S/C13H14BrNO4/c14-10-7-2-4-18-11(7)9(8(5-15)13(16)17)6-1-3-19-12(6)10/h8H,1-5,15H2,(H,16,17). The molecule has 0 fully saturated rings. The van der Waals surface area contributed by atoms with Crippen molar-refractivity contribution in [2.24, 2.45) is 5.73 Å². The fraction of sp³-hybridized carbons (Fsp3) is 0.462. The summed E-state index contributed by atoms with van der Waals surface area (Å²) in [6, 6.07) is 0. The van der Waals surface area contributed by atoms with Gasteiger partial charge >= 0.3 is 5.97 Å². The van der Waals surface area contributed by atoms with Gasteiger partial charge < -0.3 is 20.3 Å². The predicted molar refractivity (Wildman–Crippen MR) is 72.0 cm³/mol. The molecule has 1 unspecified atom stereocenters. The highest BCUT2D eigenvalue weighted by molar-refractivity contribution is 9.10. The minimum absolute atomic E-state index is 0.0548. The number of carbonyl (C=O) groups is 1. The van der Waals surface area contributed by atoms with Crippen LogP contribution in [0.15, 0.2) is 4.47 Å². The lowest BCUT2D eigenvalue weighted by atomic mass is 9.89. The summed E-state index contributed by atoms with van der Waals surface area (Å²) in [6.45, 7) is 1.20. The SMILES string of the molecule is NCC(C(=O)O)c1c2c(c(Br)c3c1OCC3)OCC2. The Morgan fingerprint density at radius 1 is 1.26 bits per heavy atom. The Balaban J connectivity index is 2.26. The van der Waals surface area contributed by atoms with E-state index in [4.69, 9.17) is 15.2 Å². The molecule has 0 amide bonds. The number of hydrogen-bond acceptors (Lipinski definition) is 4. The molecule has 102 valence electrons. The second-order valence-electron chi connectivity index (χ2n) is 4.67. The lowest BCUT2D eigenvalue weighted by Crippen LogP contribution is -2.23. The van der Waals surface area contributed by atoms with Crippen LogP contribution in [0.5, 0.6) is 11.5 Å². The van der Waals surface area contributed by atoms with E-state index < -0.39 is 11.9 Å². The van der Waals surface area contributed by atoms with Crippen molar-refractivity contribution in [1.29, 1.82) is 0 Å². The van der Waals surface area contributed by atoms with Crippen LogP contribution in [-0.4, -0.2) is 30.8 Å². The molecule has 3 rings (SSSR count). The molecular weight excluding hydrogens is 314 g/mol. The van der Waals surface area contributed by atoms with Gasteiger partial charge in [0, 0.05) is 36.1 Å². The number of nitrogens with two attached hydrogens (primary N) is 1. The summed E-state index contributed by atoms with van der Waals surface area (Å²) in [5.41, 5.74) is 8.27. The van der Waals surface area contributed by atoms with Gasteiger partial charge in [-0.05, 0) is 15.9 Å². The molecule has 1 atom stereocenters. The van der Waals surface area contributed by atoms with E-state index >= 15 is 0 Å². The topological polar surface area (TPSA) is 81.8 Å². The van der Waals surface area contributed by atoms with Gasteiger partial charge in [-0.1, -0.05) is 0 Å². The van der Waals surface area contributed by atoms with Gasteiger partial charge in [0.05, 0.1) is 23.6 Å². The minimum Gasteiger partial charge on any atom is -0.493 e. The number of carboxylic acid groups (broad SMARTS) is 1. The molecule has 6 heteroatoms. The van der Waals surface area contributed by atoms with Crippen LogP contribution in [0.25, 0.3) is 0 Å². The Kier molecular flexibility index (Phi) is 3.14. The van der Waals surface area contributed by atoms with E-state index in [-0.39, 0.29) is 6.54 Å². The number of aliphatic carboxylic acids is 1. The molecule has 2 heterocycles. The smallest absolute Gasteiger partial charge is 0.312 e. The van der Waals surface area contributed by atoms with Gasteiger partial charge in [0.25, 0.3) is 0 Å². The van der Waals surface area contributed by atoms with E-state index in [0.29, 0.717) is 30.9 Å². The molecular formula is C13H14BrNO4. The second-order valence-corrected chi connectivity index (χ2v) is 5.46. The molecule has 5 nitrogen and oxygen atoms in total. The molecule has 0 spiro atoms. The molecule has 0 saturated carbocycles. The van der Waals surface area contributed by atoms with Crippen molar-refractivity contribution in [3.8, 4) is 11.5 Å². The van der Waals surface area contributed by atoms with E-state index in [1.54, 1.807) is 0 Å². The minimum atomic E-state index is -0.920. The summed E-state index contributed by atoms with van der Waals surface area (Å²) in [5, 5.41) is 9.37. The molecule has 1 aromatic rings. The quantitative estimate of drug-likeness (QED) is 0.878. The third kappa shape index (κ3) is 1.81. The van der Waals surface area contributed by atoms with E-state index in [0.717, 1.165) is 27.8 Å². The molecule has 0 radical (unpaired) electrons. The summed E-state index contributed by atoms with van der Waals surface area (Å²) in [7, 11) is 0. The molecule has 2 aliphatic heterocycles. The first-order valence-corrected chi connectivity index (χ1v) is 7.00. The van der Waals surface area contributed by atoms with Gasteiger partial charge in [0.1, 0.15) is 11.5 Å². The van der Waals surface area contributed by atoms with Crippen LogP contribution in [0, 0.1) is 0 Å². The number of ether oxygens (including phenoxy) is 2. The summed E-state index contributed by atoms with van der Waals surface area (Å²) in [5.74, 6) is -0.208. The van der Waals surface area contributed by atoms with Crippen molar-refractivity contribution in [2.75, 3.05) is 19.8 Å². The molecule has 3 N–H and O–H groups in total. The van der Waals surface area contributed by atoms with Gasteiger partial charge in [-0.2, -0.15) is 0 Å². The van der Waals surface area contributed by atoms with Crippen LogP contribution in [-0.2, 0) is 17.6 Å². The first-order chi connectivity index (χ1) is 9.15. The average molecular weight is 328 g/mol. The first-order valence-electron chi connectivity index (χ1n) is 6.20. The van der Waals surface area contributed by atoms with Crippen molar-refractivity contribution < 1.29 is 19.4 Å². The van der Waals surface area contributed by atoms with E-state index in [2.05, 4.69) is 15.9 Å². The predicted octanol–water partition coefficient (Wildman–Crippen LogP) is 1.45. The Morgan fingerprint density at radius 3 is 2.53 bits per heavy atom. The maximum atomic E-state index is 11.4. The Morgan fingerprint density at radius 2 is 1.89 bits per heavy atom. The fourth-order valence-corrected chi connectivity index (χ4v) is 3.53. The number of hydrogen-bond donors (Lipinski definition) is 2. The number of fused-ring (bicyclic) bond motifs is 2. The van der Waals surface area contributed by atoms with Gasteiger partial charge in [-0.15, -0.1) is 0 Å². The largest absolute Gasteiger partial charge is 0.493 e. The lowest BCUT2D eigenvalue weighted by molar-refractivity contribution is -0.138. The Bertz CT molecular complexity index is 523. The third-order valence-electron chi connectivity index (χ3n) is 3.66. The van der Waals surface area contributed by atoms with Crippen molar-refractivity contribution in [1.82, 2.24) is 0 Å². The zero-order valence-corrected chi connectivity index (χ0v) is 11.8. The molecule has 1 aromatic carbocycles. The van der Waals surface area contributed by atoms with Crippen LogP contribution >= 0.6 is 15.9 Å². The van der Waals surface area contributed by atoms with Crippen LogP contribution in [0.2, 0.25) is 0 Å². The Labute approximate surface area is 118 Å². The zero-order valence-electron chi connectivity index (χ0n) is 10.2. The highest BCUT2D eigenvalue weighted by atomic mass is 79.9. The average Bonchev–Trinajstić information content (AvgIpc) is 3.02. The highest BCUT2D eigenvalue weighted by Gasteiger charge is 2.35. The lowest BCUT2D eigenvalue weighted by Gasteiger charge is -2.19. The van der Waals surface area contributed by atoms with E-state index in [1.807, 2.05) is 0 Å². The monoisotopic (exact) mass is 327 g/mol.